The maximum atomic E-state index is 14.2. The van der Waals surface area contributed by atoms with Crippen molar-refractivity contribution in [2.45, 2.75) is 105 Å². The predicted molar refractivity (Wildman–Crippen MR) is 197 cm³/mol. The molecule has 1 saturated carbocycles. The van der Waals surface area contributed by atoms with E-state index in [4.69, 9.17) is 4.74 Å². The Morgan fingerprint density at radius 3 is 1.90 bits per heavy atom. The van der Waals surface area contributed by atoms with Gasteiger partial charge in [-0.05, 0) is 61.0 Å². The van der Waals surface area contributed by atoms with Crippen molar-refractivity contribution < 1.29 is 33.5 Å². The Morgan fingerprint density at radius 2 is 1.40 bits per heavy atom. The second kappa shape index (κ2) is 15.9. The van der Waals surface area contributed by atoms with E-state index in [1.165, 1.54) is 4.90 Å². The number of fused-ring (bicyclic) bond motifs is 1. The van der Waals surface area contributed by atoms with Gasteiger partial charge in [0.05, 0.1) is 18.6 Å². The van der Waals surface area contributed by atoms with E-state index in [2.05, 4.69) is 21.3 Å². The minimum absolute atomic E-state index is 0.0482. The maximum Gasteiger partial charge on any atom is 0.408 e. The molecule has 4 rings (SSSR count). The number of rotatable bonds is 13. The number of Topliss-reactive ketones (excluding diaryl/α,β-unsaturated/α-hetero) is 1. The van der Waals surface area contributed by atoms with E-state index < -0.39 is 77.2 Å². The number of carbonyl (C=O) groups is 6. The van der Waals surface area contributed by atoms with Crippen molar-refractivity contribution in [2.75, 3.05) is 13.1 Å². The molecule has 12 heteroatoms. The summed E-state index contributed by atoms with van der Waals surface area (Å²) in [6, 6.07) is 15.3. The highest BCUT2D eigenvalue weighted by atomic mass is 16.6. The van der Waals surface area contributed by atoms with E-state index in [1.54, 1.807) is 20.8 Å². The van der Waals surface area contributed by atoms with Crippen LogP contribution >= 0.6 is 0 Å². The number of hydrogen-bond acceptors (Lipinski definition) is 7. The summed E-state index contributed by atoms with van der Waals surface area (Å²) in [7, 11) is 0. The molecular formula is C40H55N5O7. The Morgan fingerprint density at radius 1 is 0.846 bits per heavy atom. The first-order valence-electron chi connectivity index (χ1n) is 18.1. The third kappa shape index (κ3) is 9.57. The van der Waals surface area contributed by atoms with Gasteiger partial charge in [0.1, 0.15) is 17.7 Å². The van der Waals surface area contributed by atoms with E-state index in [0.29, 0.717) is 13.0 Å². The highest BCUT2D eigenvalue weighted by Crippen LogP contribution is 2.65. The van der Waals surface area contributed by atoms with Crippen LogP contribution in [0.3, 0.4) is 0 Å². The SMILES string of the molecule is CCCC(NC(=O)C1C2C(CN1C(=O)C(NC(=O)OC(C)(C)C)C(C)(C)C)C2(C)C)C(=O)C(=O)NCC(=O)NC(c1ccccc1)c1ccccc1. The van der Waals surface area contributed by atoms with Gasteiger partial charge in [0.15, 0.2) is 0 Å². The molecule has 0 aromatic heterocycles. The molecule has 5 amide bonds. The number of piperidine rings is 1. The summed E-state index contributed by atoms with van der Waals surface area (Å²) in [6.45, 7) is 16.4. The first-order chi connectivity index (χ1) is 24.3. The monoisotopic (exact) mass is 717 g/mol. The second-order valence-corrected chi connectivity index (χ2v) is 16.6. The first-order valence-corrected chi connectivity index (χ1v) is 18.1. The summed E-state index contributed by atoms with van der Waals surface area (Å²) in [5.41, 5.74) is -0.0118. The number of carbonyl (C=O) groups excluding carboxylic acids is 6. The van der Waals surface area contributed by atoms with Crippen LogP contribution in [-0.4, -0.2) is 77.2 Å². The molecule has 2 fully saturated rings. The van der Waals surface area contributed by atoms with Crippen LogP contribution in [0.25, 0.3) is 0 Å². The lowest BCUT2D eigenvalue weighted by molar-refractivity contribution is -0.145. The molecular weight excluding hydrogens is 662 g/mol. The van der Waals surface area contributed by atoms with Crippen molar-refractivity contribution in [1.29, 1.82) is 0 Å². The number of ether oxygens (including phenoxy) is 1. The lowest BCUT2D eigenvalue weighted by atomic mass is 9.85. The van der Waals surface area contributed by atoms with E-state index in [1.807, 2.05) is 102 Å². The molecule has 1 saturated heterocycles. The van der Waals surface area contributed by atoms with Crippen molar-refractivity contribution in [3.8, 4) is 0 Å². The second-order valence-electron chi connectivity index (χ2n) is 16.6. The van der Waals surface area contributed by atoms with Gasteiger partial charge in [-0.1, -0.05) is 109 Å². The summed E-state index contributed by atoms with van der Waals surface area (Å²) in [4.78, 5) is 82.2. The fraction of sp³-hybridized carbons (Fsp3) is 0.550. The number of nitrogens with one attached hydrogen (secondary N) is 4. The molecule has 52 heavy (non-hydrogen) atoms. The van der Waals surface area contributed by atoms with Crippen LogP contribution in [0.5, 0.6) is 0 Å². The molecule has 2 aliphatic rings. The van der Waals surface area contributed by atoms with Crippen LogP contribution in [0.2, 0.25) is 0 Å². The van der Waals surface area contributed by atoms with Crippen LogP contribution in [0.15, 0.2) is 60.7 Å². The van der Waals surface area contributed by atoms with E-state index in [9.17, 15) is 28.8 Å². The summed E-state index contributed by atoms with van der Waals surface area (Å²) >= 11 is 0. The van der Waals surface area contributed by atoms with E-state index in [0.717, 1.165) is 11.1 Å². The molecule has 5 unspecified atom stereocenters. The van der Waals surface area contributed by atoms with Gasteiger partial charge in [0.2, 0.25) is 23.5 Å². The minimum atomic E-state index is -1.17. The summed E-state index contributed by atoms with van der Waals surface area (Å²) < 4.78 is 5.44. The zero-order chi connectivity index (χ0) is 38.6. The number of ketones is 1. The molecule has 5 atom stereocenters. The number of amides is 5. The third-order valence-corrected chi connectivity index (χ3v) is 9.95. The Hall–Kier alpha value is -4.74. The topological polar surface area (TPSA) is 163 Å². The molecule has 0 spiro atoms. The van der Waals surface area contributed by atoms with Crippen LogP contribution in [0.1, 0.15) is 92.3 Å². The van der Waals surface area contributed by atoms with Crippen molar-refractivity contribution in [1.82, 2.24) is 26.2 Å². The highest BCUT2D eigenvalue weighted by Gasteiger charge is 2.70. The predicted octanol–water partition coefficient (Wildman–Crippen LogP) is 4.28. The Kier molecular flexibility index (Phi) is 12.2. The van der Waals surface area contributed by atoms with E-state index >= 15 is 0 Å². The van der Waals surface area contributed by atoms with Crippen LogP contribution in [0, 0.1) is 22.7 Å². The lowest BCUT2D eigenvalue weighted by Gasteiger charge is -2.38. The molecule has 2 aromatic carbocycles. The lowest BCUT2D eigenvalue weighted by Crippen LogP contribution is -2.60. The maximum absolute atomic E-state index is 14.2. The molecule has 4 N–H and O–H groups in total. The van der Waals surface area contributed by atoms with Gasteiger partial charge in [-0.25, -0.2) is 4.79 Å². The molecule has 1 aliphatic carbocycles. The van der Waals surface area contributed by atoms with Crippen molar-refractivity contribution in [3.05, 3.63) is 71.8 Å². The summed E-state index contributed by atoms with van der Waals surface area (Å²) in [6.07, 6.45) is -0.0793. The summed E-state index contributed by atoms with van der Waals surface area (Å²) in [5.74, 6) is -3.46. The summed E-state index contributed by atoms with van der Waals surface area (Å²) in [5, 5.41) is 10.9. The molecule has 282 valence electrons. The fourth-order valence-corrected chi connectivity index (χ4v) is 7.14. The molecule has 1 heterocycles. The quantitative estimate of drug-likeness (QED) is 0.225. The molecule has 1 aliphatic heterocycles. The molecule has 0 bridgehead atoms. The largest absolute Gasteiger partial charge is 0.444 e. The van der Waals surface area contributed by atoms with Crippen LogP contribution in [-0.2, 0) is 28.7 Å². The third-order valence-electron chi connectivity index (χ3n) is 9.95. The number of likely N-dealkylation sites (tertiary alicyclic amines) is 1. The van der Waals surface area contributed by atoms with Crippen LogP contribution < -0.4 is 21.3 Å². The van der Waals surface area contributed by atoms with Gasteiger partial charge in [-0.3, -0.25) is 24.0 Å². The normalized spacial score (nSPS) is 20.2. The van der Waals surface area contributed by atoms with Gasteiger partial charge < -0.3 is 30.9 Å². The molecule has 2 aromatic rings. The average molecular weight is 718 g/mol. The zero-order valence-corrected chi connectivity index (χ0v) is 31.9. The van der Waals surface area contributed by atoms with Crippen molar-refractivity contribution >= 4 is 35.5 Å². The smallest absolute Gasteiger partial charge is 0.408 e. The van der Waals surface area contributed by atoms with E-state index in [-0.39, 0.29) is 23.7 Å². The van der Waals surface area contributed by atoms with Gasteiger partial charge in [0.25, 0.3) is 5.91 Å². The Balaban J connectivity index is 1.44. The minimum Gasteiger partial charge on any atom is -0.444 e. The van der Waals surface area contributed by atoms with Crippen molar-refractivity contribution in [2.24, 2.45) is 22.7 Å². The van der Waals surface area contributed by atoms with Gasteiger partial charge in [0, 0.05) is 6.54 Å². The van der Waals surface area contributed by atoms with Gasteiger partial charge in [-0.15, -0.1) is 0 Å². The zero-order valence-electron chi connectivity index (χ0n) is 31.9. The standard InChI is InChI=1S/C40H55N5O7/c1-10-17-27(32(47)35(49)41-22-28(46)43-30(24-18-13-11-14-19-24)25-20-15-12-16-21-25)42-34(48)31-29-26(40(29,8)9)23-45(31)36(50)33(38(2,3)4)44-37(51)52-39(5,6)7/h11-16,18-21,26-27,29-31,33H,10,17,22-23H2,1-9H3,(H,41,49)(H,42,48)(H,43,46)(H,44,51). The molecule has 0 radical (unpaired) electrons. The molecule has 12 nitrogen and oxygen atoms in total. The first kappa shape index (κ1) is 40.0. The number of benzene rings is 2. The van der Waals surface area contributed by atoms with Gasteiger partial charge in [-0.2, -0.15) is 0 Å². The number of nitrogens with zero attached hydrogens (tertiary/aromatic N) is 1. The highest BCUT2D eigenvalue weighted by molar-refractivity contribution is 6.38. The Labute approximate surface area is 307 Å². The Bertz CT molecular complexity index is 1590. The average Bonchev–Trinajstić information content (AvgIpc) is 3.37. The van der Waals surface area contributed by atoms with Gasteiger partial charge >= 0.3 is 6.09 Å². The number of hydrogen-bond donors (Lipinski definition) is 4. The van der Waals surface area contributed by atoms with Crippen LogP contribution in [0.4, 0.5) is 4.79 Å². The number of alkyl carbamates (subject to hydrolysis) is 1. The fourth-order valence-electron chi connectivity index (χ4n) is 7.14. The van der Waals surface area contributed by atoms with Crippen molar-refractivity contribution in [3.63, 3.8) is 0 Å².